The van der Waals surface area contributed by atoms with Crippen molar-refractivity contribution in [2.75, 3.05) is 7.05 Å². The summed E-state index contributed by atoms with van der Waals surface area (Å²) in [4.78, 5) is 29.4. The Kier molecular flexibility index (Phi) is 11.4. The first-order valence-electron chi connectivity index (χ1n) is 14.6. The number of likely N-dealkylation sites (N-methyl/N-ethyl adjacent to an activating group) is 1. The molecule has 0 bridgehead atoms. The molecule has 0 heterocycles. The zero-order chi connectivity index (χ0) is 28.4. The third-order valence-corrected chi connectivity index (χ3v) is 7.38. The number of nitrogens with one attached hydrogen (secondary N) is 2. The first-order valence-corrected chi connectivity index (χ1v) is 14.6. The molecule has 3 rings (SSSR count). The largest absolute Gasteiger partial charge is 0.489 e. The van der Waals surface area contributed by atoms with Gasteiger partial charge in [-0.05, 0) is 76.3 Å². The Balaban J connectivity index is 1.72. The van der Waals surface area contributed by atoms with Crippen molar-refractivity contribution in [3.63, 3.8) is 0 Å². The number of hydrogen-bond donors (Lipinski definition) is 2. The maximum atomic E-state index is 13.8. The molecule has 0 radical (unpaired) electrons. The van der Waals surface area contributed by atoms with Crippen LogP contribution in [0.25, 0.3) is 0 Å². The van der Waals surface area contributed by atoms with E-state index in [0.29, 0.717) is 25.0 Å². The van der Waals surface area contributed by atoms with Gasteiger partial charge in [0, 0.05) is 18.0 Å². The number of benzene rings is 2. The zero-order valence-electron chi connectivity index (χ0n) is 24.8. The summed E-state index contributed by atoms with van der Waals surface area (Å²) in [5.74, 6) is 0.919. The van der Waals surface area contributed by atoms with Crippen molar-refractivity contribution in [3.05, 3.63) is 65.7 Å². The SMILES string of the molecule is CC(C)C[C@@H](C(=O)N[C@@H](Cc1ccc(OCc2ccccc2)cc1)C(=O)NC(C)(C)C)N(C)C1CCCCC1. The molecule has 2 amide bonds. The van der Waals surface area contributed by atoms with Crippen molar-refractivity contribution in [1.29, 1.82) is 0 Å². The van der Waals surface area contributed by atoms with Crippen molar-refractivity contribution >= 4 is 11.8 Å². The topological polar surface area (TPSA) is 70.7 Å². The van der Waals surface area contributed by atoms with E-state index in [1.165, 1.54) is 19.3 Å². The van der Waals surface area contributed by atoms with Crippen molar-refractivity contribution in [2.45, 2.75) is 110 Å². The maximum Gasteiger partial charge on any atom is 0.243 e. The lowest BCUT2D eigenvalue weighted by atomic mass is 9.91. The van der Waals surface area contributed by atoms with E-state index >= 15 is 0 Å². The van der Waals surface area contributed by atoms with Gasteiger partial charge in [0.05, 0.1) is 6.04 Å². The highest BCUT2D eigenvalue weighted by atomic mass is 16.5. The molecular weight excluding hydrogens is 486 g/mol. The van der Waals surface area contributed by atoms with Gasteiger partial charge in [0.1, 0.15) is 18.4 Å². The number of hydrogen-bond acceptors (Lipinski definition) is 4. The van der Waals surface area contributed by atoms with Crippen LogP contribution >= 0.6 is 0 Å². The van der Waals surface area contributed by atoms with Gasteiger partial charge in [-0.2, -0.15) is 0 Å². The van der Waals surface area contributed by atoms with Crippen LogP contribution in [0.5, 0.6) is 5.75 Å². The molecule has 6 heteroatoms. The van der Waals surface area contributed by atoms with Crippen molar-refractivity contribution in [3.8, 4) is 5.75 Å². The third-order valence-electron chi connectivity index (χ3n) is 7.38. The highest BCUT2D eigenvalue weighted by Crippen LogP contribution is 2.25. The van der Waals surface area contributed by atoms with E-state index in [2.05, 4.69) is 36.4 Å². The summed E-state index contributed by atoms with van der Waals surface area (Å²) in [7, 11) is 2.08. The first-order chi connectivity index (χ1) is 18.5. The van der Waals surface area contributed by atoms with Crippen LogP contribution in [0.15, 0.2) is 54.6 Å². The van der Waals surface area contributed by atoms with Gasteiger partial charge in [-0.15, -0.1) is 0 Å². The zero-order valence-corrected chi connectivity index (χ0v) is 24.8. The molecule has 39 heavy (non-hydrogen) atoms. The van der Waals surface area contributed by atoms with Crippen LogP contribution in [0.4, 0.5) is 0 Å². The van der Waals surface area contributed by atoms with E-state index in [1.807, 2.05) is 75.4 Å². The standard InChI is InChI=1S/C33H49N3O3/c1-24(2)21-30(36(6)27-15-11-8-12-16-27)32(38)34-29(31(37)35-33(3,4)5)22-25-17-19-28(20-18-25)39-23-26-13-9-7-10-14-26/h7,9-10,13-14,17-20,24,27,29-30H,8,11-12,15-16,21-23H2,1-6H3,(H,34,38)(H,35,37)/t29-,30-/m0/s1. The first kappa shape index (κ1) is 30.7. The Morgan fingerprint density at radius 2 is 1.56 bits per heavy atom. The van der Waals surface area contributed by atoms with E-state index in [0.717, 1.165) is 36.1 Å². The molecule has 1 fully saturated rings. The van der Waals surface area contributed by atoms with Crippen molar-refractivity contribution in [2.24, 2.45) is 5.92 Å². The molecule has 0 aliphatic heterocycles. The Morgan fingerprint density at radius 3 is 2.15 bits per heavy atom. The van der Waals surface area contributed by atoms with Crippen LogP contribution in [0, 0.1) is 5.92 Å². The van der Waals surface area contributed by atoms with E-state index in [4.69, 9.17) is 4.74 Å². The number of carbonyl (C=O) groups excluding carboxylic acids is 2. The molecular formula is C33H49N3O3. The summed E-state index contributed by atoms with van der Waals surface area (Å²) >= 11 is 0. The molecule has 0 spiro atoms. The van der Waals surface area contributed by atoms with Crippen LogP contribution in [0.1, 0.15) is 84.3 Å². The maximum absolute atomic E-state index is 13.8. The number of amides is 2. The fourth-order valence-electron chi connectivity index (χ4n) is 5.28. The Morgan fingerprint density at radius 1 is 0.923 bits per heavy atom. The average molecular weight is 536 g/mol. The normalized spacial score (nSPS) is 16.1. The molecule has 0 aromatic heterocycles. The monoisotopic (exact) mass is 535 g/mol. The van der Waals surface area contributed by atoms with Crippen LogP contribution < -0.4 is 15.4 Å². The van der Waals surface area contributed by atoms with Crippen LogP contribution in [-0.4, -0.2) is 47.4 Å². The Bertz CT molecular complexity index is 1020. The second kappa shape index (κ2) is 14.5. The highest BCUT2D eigenvalue weighted by Gasteiger charge is 2.33. The quantitative estimate of drug-likeness (QED) is 0.356. The highest BCUT2D eigenvalue weighted by molar-refractivity contribution is 5.90. The van der Waals surface area contributed by atoms with E-state index < -0.39 is 11.6 Å². The van der Waals surface area contributed by atoms with Gasteiger partial charge >= 0.3 is 0 Å². The molecule has 2 aromatic carbocycles. The molecule has 2 N–H and O–H groups in total. The predicted molar refractivity (Wildman–Crippen MR) is 159 cm³/mol. The average Bonchev–Trinajstić information content (AvgIpc) is 2.90. The molecule has 0 unspecified atom stereocenters. The number of rotatable bonds is 12. The van der Waals surface area contributed by atoms with Gasteiger partial charge in [-0.3, -0.25) is 14.5 Å². The molecule has 1 aliphatic rings. The molecule has 2 aromatic rings. The minimum Gasteiger partial charge on any atom is -0.489 e. The second-order valence-corrected chi connectivity index (χ2v) is 12.5. The molecule has 6 nitrogen and oxygen atoms in total. The Labute approximate surface area is 235 Å². The van der Waals surface area contributed by atoms with Crippen molar-refractivity contribution in [1.82, 2.24) is 15.5 Å². The van der Waals surface area contributed by atoms with Crippen LogP contribution in [0.3, 0.4) is 0 Å². The summed E-state index contributed by atoms with van der Waals surface area (Å²) in [6, 6.07) is 17.4. The molecule has 0 saturated heterocycles. The predicted octanol–water partition coefficient (Wildman–Crippen LogP) is 5.89. The third kappa shape index (κ3) is 10.3. The van der Waals surface area contributed by atoms with Gasteiger partial charge in [-0.1, -0.05) is 75.6 Å². The number of ether oxygens (including phenoxy) is 1. The fraction of sp³-hybridized carbons (Fsp3) is 0.576. The molecule has 1 aliphatic carbocycles. The second-order valence-electron chi connectivity index (χ2n) is 12.5. The van der Waals surface area contributed by atoms with E-state index in [9.17, 15) is 9.59 Å². The minimum atomic E-state index is -0.665. The summed E-state index contributed by atoms with van der Waals surface area (Å²) < 4.78 is 5.93. The number of carbonyl (C=O) groups is 2. The minimum absolute atomic E-state index is 0.0614. The molecule has 214 valence electrons. The summed E-state index contributed by atoms with van der Waals surface area (Å²) in [5, 5.41) is 6.23. The Hall–Kier alpha value is -2.86. The van der Waals surface area contributed by atoms with Gasteiger partial charge in [-0.25, -0.2) is 0 Å². The van der Waals surface area contributed by atoms with E-state index in [1.54, 1.807) is 0 Å². The lowest BCUT2D eigenvalue weighted by molar-refractivity contribution is -0.133. The van der Waals surface area contributed by atoms with Gasteiger partial charge in [0.2, 0.25) is 11.8 Å². The molecule has 1 saturated carbocycles. The van der Waals surface area contributed by atoms with E-state index in [-0.39, 0.29) is 17.9 Å². The lowest BCUT2D eigenvalue weighted by Crippen LogP contribution is -2.57. The van der Waals surface area contributed by atoms with Crippen LogP contribution in [0.2, 0.25) is 0 Å². The number of nitrogens with zero attached hydrogens (tertiary/aromatic N) is 1. The summed E-state index contributed by atoms with van der Waals surface area (Å²) in [5.41, 5.74) is 1.68. The smallest absolute Gasteiger partial charge is 0.243 e. The van der Waals surface area contributed by atoms with Crippen LogP contribution in [-0.2, 0) is 22.6 Å². The van der Waals surface area contributed by atoms with Gasteiger partial charge < -0.3 is 15.4 Å². The fourth-order valence-corrected chi connectivity index (χ4v) is 5.28. The lowest BCUT2D eigenvalue weighted by Gasteiger charge is -2.38. The molecule has 2 atom stereocenters. The summed E-state index contributed by atoms with van der Waals surface area (Å²) in [6.45, 7) is 10.7. The van der Waals surface area contributed by atoms with Gasteiger partial charge in [0.25, 0.3) is 0 Å². The summed E-state index contributed by atoms with van der Waals surface area (Å²) in [6.07, 6.45) is 7.14. The van der Waals surface area contributed by atoms with Crippen molar-refractivity contribution < 1.29 is 14.3 Å². The van der Waals surface area contributed by atoms with Gasteiger partial charge in [0.15, 0.2) is 0 Å².